The monoisotopic (exact) mass is 593 g/mol. The predicted octanol–water partition coefficient (Wildman–Crippen LogP) is 2.33. The predicted molar refractivity (Wildman–Crippen MR) is 143 cm³/mol. The van der Waals surface area contributed by atoms with Crippen LogP contribution in [0.15, 0.2) is 57.1 Å². The lowest BCUT2D eigenvalue weighted by molar-refractivity contribution is 0.444. The molecule has 0 saturated heterocycles. The number of pyridine rings is 1. The van der Waals surface area contributed by atoms with Crippen LogP contribution in [0.3, 0.4) is 0 Å². The molecule has 0 spiro atoms. The van der Waals surface area contributed by atoms with Crippen molar-refractivity contribution in [2.75, 3.05) is 0 Å². The molecule has 0 unspecified atom stereocenters. The summed E-state index contributed by atoms with van der Waals surface area (Å²) in [5.41, 5.74) is -2.48. The van der Waals surface area contributed by atoms with E-state index in [1.807, 2.05) is 6.07 Å². The van der Waals surface area contributed by atoms with Gasteiger partial charge in [0.2, 0.25) is 0 Å². The van der Waals surface area contributed by atoms with Crippen LogP contribution in [0.4, 0.5) is 13.2 Å². The molecule has 0 aliphatic heterocycles. The molecular weight excluding hydrogens is 579 g/mol. The van der Waals surface area contributed by atoms with Crippen LogP contribution in [0.25, 0.3) is 27.8 Å². The minimum atomic E-state index is -1.69. The van der Waals surface area contributed by atoms with Gasteiger partial charge in [-0.25, -0.2) is 37.2 Å². The molecule has 0 bridgehead atoms. The van der Waals surface area contributed by atoms with Crippen molar-refractivity contribution in [3.63, 3.8) is 0 Å². The number of aromatic amines is 1. The fourth-order valence-corrected chi connectivity index (χ4v) is 4.93. The average Bonchev–Trinajstić information content (AvgIpc) is 3.56. The number of fused-ring (bicyclic) bond motifs is 3. The lowest BCUT2D eigenvalue weighted by atomic mass is 10.1. The summed E-state index contributed by atoms with van der Waals surface area (Å²) in [6, 6.07) is 9.03. The topological polar surface area (TPSA) is 149 Å². The number of halogens is 4. The summed E-state index contributed by atoms with van der Waals surface area (Å²) in [5, 5.41) is 19.8. The molecule has 0 atom stereocenters. The van der Waals surface area contributed by atoms with Crippen molar-refractivity contribution in [1.82, 2.24) is 38.5 Å². The summed E-state index contributed by atoms with van der Waals surface area (Å²) >= 11 is 6.43. The van der Waals surface area contributed by atoms with E-state index in [0.29, 0.717) is 0 Å². The first kappa shape index (κ1) is 26.7. The number of benzene rings is 2. The van der Waals surface area contributed by atoms with E-state index < -0.39 is 40.9 Å². The zero-order valence-corrected chi connectivity index (χ0v) is 22.0. The SMILES string of the molecule is Cn1cnc(Cn2c(=O)c3c(cc(-c4cc(C#N)ccc4Cl)n4c(=O)[nH]nc34)n(Cc3cc(F)c(F)c(F)c3)c2=O)n1. The highest BCUT2D eigenvalue weighted by Crippen LogP contribution is 2.31. The van der Waals surface area contributed by atoms with E-state index in [4.69, 9.17) is 11.6 Å². The molecular formula is C26H15ClF3N9O3. The number of rotatable bonds is 5. The standard InChI is InChI=1S/C26H15ClF3N9O3/c1-36-11-32-20(35-36)10-38-24(40)21-19(37(26(38)42)9-13-5-16(28)22(30)17(29)6-13)7-18(39-23(21)33-34-25(39)41)14-4-12(8-31)2-3-15(14)27/h2-7,11H,9-10H2,1H3,(H,34,41). The van der Waals surface area contributed by atoms with Gasteiger partial charge in [0.1, 0.15) is 11.7 Å². The van der Waals surface area contributed by atoms with E-state index in [0.717, 1.165) is 25.7 Å². The molecule has 2 aromatic carbocycles. The lowest BCUT2D eigenvalue weighted by Crippen LogP contribution is -2.41. The number of nitrogens with one attached hydrogen (secondary N) is 1. The van der Waals surface area contributed by atoms with E-state index in [-0.39, 0.29) is 56.3 Å². The molecule has 0 aliphatic rings. The van der Waals surface area contributed by atoms with E-state index in [1.54, 1.807) is 7.05 Å². The molecule has 1 N–H and O–H groups in total. The van der Waals surface area contributed by atoms with Gasteiger partial charge in [0.05, 0.1) is 35.9 Å². The number of nitrogens with zero attached hydrogens (tertiary/aromatic N) is 8. The normalized spacial score (nSPS) is 11.4. The first-order chi connectivity index (χ1) is 20.1. The second-order valence-electron chi connectivity index (χ2n) is 9.25. The van der Waals surface area contributed by atoms with Gasteiger partial charge in [0, 0.05) is 17.6 Å². The van der Waals surface area contributed by atoms with Gasteiger partial charge in [-0.2, -0.15) is 15.5 Å². The summed E-state index contributed by atoms with van der Waals surface area (Å²) in [7, 11) is 1.59. The van der Waals surface area contributed by atoms with Crippen LogP contribution in [0.1, 0.15) is 17.0 Å². The molecule has 0 radical (unpaired) electrons. The first-order valence-electron chi connectivity index (χ1n) is 12.0. The smallest absolute Gasteiger partial charge is 0.288 e. The number of H-pyrrole nitrogens is 1. The Hall–Kier alpha value is -5.49. The molecule has 0 fully saturated rings. The third kappa shape index (κ3) is 4.25. The Morgan fingerprint density at radius 3 is 2.43 bits per heavy atom. The van der Waals surface area contributed by atoms with E-state index in [2.05, 4.69) is 20.3 Å². The highest BCUT2D eigenvalue weighted by molar-refractivity contribution is 6.33. The molecule has 6 aromatic rings. The van der Waals surface area contributed by atoms with Crippen molar-refractivity contribution in [2.45, 2.75) is 13.1 Å². The minimum absolute atomic E-state index is 0.0616. The maximum Gasteiger partial charge on any atom is 0.348 e. The Bertz CT molecular complexity index is 2290. The largest absolute Gasteiger partial charge is 0.348 e. The fourth-order valence-electron chi connectivity index (χ4n) is 4.72. The van der Waals surface area contributed by atoms with Gasteiger partial charge < -0.3 is 0 Å². The van der Waals surface area contributed by atoms with Gasteiger partial charge in [-0.05, 0) is 42.0 Å². The molecule has 210 valence electrons. The van der Waals surface area contributed by atoms with Crippen molar-refractivity contribution >= 4 is 28.2 Å². The molecule has 4 aromatic heterocycles. The van der Waals surface area contributed by atoms with Crippen molar-refractivity contribution in [3.8, 4) is 17.3 Å². The third-order valence-corrected chi connectivity index (χ3v) is 6.91. The highest BCUT2D eigenvalue weighted by atomic mass is 35.5. The van der Waals surface area contributed by atoms with Gasteiger partial charge in [0.25, 0.3) is 5.56 Å². The number of hydrogen-bond acceptors (Lipinski definition) is 7. The maximum absolute atomic E-state index is 14.1. The van der Waals surface area contributed by atoms with Crippen molar-refractivity contribution < 1.29 is 13.2 Å². The van der Waals surface area contributed by atoms with E-state index in [9.17, 15) is 32.8 Å². The molecule has 0 amide bonds. The second kappa shape index (κ2) is 9.85. The Balaban J connectivity index is 1.74. The third-order valence-electron chi connectivity index (χ3n) is 6.58. The average molecular weight is 594 g/mol. The molecule has 16 heteroatoms. The van der Waals surface area contributed by atoms with Crippen LogP contribution in [0.2, 0.25) is 5.02 Å². The number of nitriles is 1. The van der Waals surface area contributed by atoms with Gasteiger partial charge >= 0.3 is 11.4 Å². The molecule has 6 rings (SSSR count). The first-order valence-corrected chi connectivity index (χ1v) is 12.4. The number of hydrogen-bond donors (Lipinski definition) is 1. The van der Waals surface area contributed by atoms with Crippen molar-refractivity contribution in [2.24, 2.45) is 7.05 Å². The molecule has 4 heterocycles. The van der Waals surface area contributed by atoms with E-state index in [1.165, 1.54) is 35.3 Å². The molecule has 0 saturated carbocycles. The number of aromatic nitrogens is 8. The van der Waals surface area contributed by atoms with Gasteiger partial charge in [-0.3, -0.25) is 18.6 Å². The molecule has 12 nitrogen and oxygen atoms in total. The van der Waals surface area contributed by atoms with Crippen molar-refractivity contribution in [3.05, 3.63) is 113 Å². The Morgan fingerprint density at radius 2 is 1.76 bits per heavy atom. The minimum Gasteiger partial charge on any atom is -0.288 e. The summed E-state index contributed by atoms with van der Waals surface area (Å²) in [6.07, 6.45) is 1.36. The van der Waals surface area contributed by atoms with E-state index >= 15 is 0 Å². The molecule has 42 heavy (non-hydrogen) atoms. The zero-order valence-electron chi connectivity index (χ0n) is 21.3. The summed E-state index contributed by atoms with van der Waals surface area (Å²) < 4.78 is 46.2. The summed E-state index contributed by atoms with van der Waals surface area (Å²) in [5.74, 6) is -4.53. The van der Waals surface area contributed by atoms with Gasteiger partial charge in [-0.15, -0.1) is 0 Å². The Morgan fingerprint density at radius 1 is 1.02 bits per heavy atom. The Kier molecular flexibility index (Phi) is 6.27. The van der Waals surface area contributed by atoms with Crippen LogP contribution in [0, 0.1) is 28.8 Å². The zero-order chi connectivity index (χ0) is 29.9. The maximum atomic E-state index is 14.1. The molecule has 0 aliphatic carbocycles. The summed E-state index contributed by atoms with van der Waals surface area (Å²) in [6.45, 7) is -0.908. The summed E-state index contributed by atoms with van der Waals surface area (Å²) in [4.78, 5) is 44.7. The highest BCUT2D eigenvalue weighted by Gasteiger charge is 2.23. The van der Waals surface area contributed by atoms with Crippen LogP contribution < -0.4 is 16.9 Å². The quantitative estimate of drug-likeness (QED) is 0.302. The lowest BCUT2D eigenvalue weighted by Gasteiger charge is -2.16. The Labute approximate surface area is 236 Å². The van der Waals surface area contributed by atoms with Crippen molar-refractivity contribution in [1.29, 1.82) is 5.26 Å². The fraction of sp³-hybridized carbons (Fsp3) is 0.115. The van der Waals surface area contributed by atoms with Gasteiger partial charge in [0.15, 0.2) is 28.9 Å². The van der Waals surface area contributed by atoms with Crippen LogP contribution in [-0.2, 0) is 20.1 Å². The van der Waals surface area contributed by atoms with Crippen LogP contribution in [-0.4, -0.2) is 38.5 Å². The van der Waals surface area contributed by atoms with Crippen LogP contribution in [0.5, 0.6) is 0 Å². The van der Waals surface area contributed by atoms with Crippen LogP contribution >= 0.6 is 11.6 Å². The van der Waals surface area contributed by atoms with Gasteiger partial charge in [-0.1, -0.05) is 11.6 Å². The second-order valence-corrected chi connectivity index (χ2v) is 9.66. The number of aryl methyl sites for hydroxylation is 1.